The Labute approximate surface area is 235 Å². The summed E-state index contributed by atoms with van der Waals surface area (Å²) >= 11 is 0. The Morgan fingerprint density at radius 1 is 0.732 bits per heavy atom. The van der Waals surface area contributed by atoms with Crippen molar-refractivity contribution in [2.75, 3.05) is 6.61 Å². The molecule has 0 aliphatic carbocycles. The third kappa shape index (κ3) is 7.86. The second-order valence-corrected chi connectivity index (χ2v) is 8.96. The summed E-state index contributed by atoms with van der Waals surface area (Å²) in [7, 11) is 0. The minimum Gasteiger partial charge on any atom is -0.459 e. The zero-order valence-corrected chi connectivity index (χ0v) is 22.0. The molecule has 0 saturated carbocycles. The number of carbonyl (C=O) groups is 4. The van der Waals surface area contributed by atoms with Gasteiger partial charge in [0.05, 0.1) is 23.0 Å². The van der Waals surface area contributed by atoms with Gasteiger partial charge in [0.25, 0.3) is 0 Å². The van der Waals surface area contributed by atoms with E-state index in [9.17, 15) is 19.2 Å². The lowest BCUT2D eigenvalue weighted by atomic mass is 9.95. The van der Waals surface area contributed by atoms with Crippen LogP contribution >= 0.6 is 0 Å². The Morgan fingerprint density at radius 3 is 1.68 bits per heavy atom. The Bertz CT molecular complexity index is 1360. The van der Waals surface area contributed by atoms with E-state index >= 15 is 4.39 Å². The summed E-state index contributed by atoms with van der Waals surface area (Å²) < 4.78 is 43.3. The number of benzene rings is 3. The summed E-state index contributed by atoms with van der Waals surface area (Å²) in [5.74, 6) is -3.06. The average Bonchev–Trinajstić information content (AvgIpc) is 3.00. The van der Waals surface area contributed by atoms with E-state index in [1.165, 1.54) is 49.4 Å². The maximum Gasteiger partial charge on any atom is 0.338 e. The summed E-state index contributed by atoms with van der Waals surface area (Å²) in [6.07, 6.45) is -5.74. The van der Waals surface area contributed by atoms with Crippen LogP contribution in [0.4, 0.5) is 4.39 Å². The molecule has 3 aromatic carbocycles. The average molecular weight is 563 g/mol. The number of hydrogen-bond donors (Lipinski definition) is 0. The maximum atomic E-state index is 16.1. The topological polar surface area (TPSA) is 114 Å². The second-order valence-electron chi connectivity index (χ2n) is 8.96. The number of alkyl halides is 1. The van der Waals surface area contributed by atoms with Crippen LogP contribution in [0.1, 0.15) is 38.0 Å². The van der Waals surface area contributed by atoms with Gasteiger partial charge in [-0.1, -0.05) is 54.6 Å². The Hall–Kier alpha value is -4.83. The normalized spacial score (nSPS) is 22.0. The molecule has 5 atom stereocenters. The molecule has 1 fully saturated rings. The van der Waals surface area contributed by atoms with Crippen LogP contribution in [0.2, 0.25) is 0 Å². The second kappa shape index (κ2) is 14.0. The molecule has 0 amide bonds. The first kappa shape index (κ1) is 29.2. The summed E-state index contributed by atoms with van der Waals surface area (Å²) in [5.41, 5.74) is 0.544. The van der Waals surface area contributed by atoms with Gasteiger partial charge in [0.15, 0.2) is 18.4 Å². The molecule has 0 radical (unpaired) electrons. The summed E-state index contributed by atoms with van der Waals surface area (Å²) in [6.45, 7) is 0.623. The Kier molecular flexibility index (Phi) is 9.95. The van der Waals surface area contributed by atoms with E-state index in [0.29, 0.717) is 0 Å². The maximum absolute atomic E-state index is 16.1. The molecule has 5 unspecified atom stereocenters. The molecule has 0 bridgehead atoms. The van der Waals surface area contributed by atoms with Crippen molar-refractivity contribution in [2.45, 2.75) is 37.5 Å². The number of esters is 4. The molecule has 3 aromatic rings. The van der Waals surface area contributed by atoms with Crippen LogP contribution in [-0.2, 0) is 28.5 Å². The van der Waals surface area contributed by atoms with Gasteiger partial charge in [-0.15, -0.1) is 0 Å². The number of halogens is 1. The molecule has 10 heteroatoms. The van der Waals surface area contributed by atoms with Gasteiger partial charge in [-0.25, -0.2) is 18.8 Å². The third-order valence-corrected chi connectivity index (χ3v) is 6.04. The van der Waals surface area contributed by atoms with Crippen molar-refractivity contribution in [3.8, 4) is 0 Å². The van der Waals surface area contributed by atoms with Gasteiger partial charge in [-0.05, 0) is 42.5 Å². The Morgan fingerprint density at radius 2 is 1.20 bits per heavy atom. The van der Waals surface area contributed by atoms with Gasteiger partial charge >= 0.3 is 23.9 Å². The van der Waals surface area contributed by atoms with Crippen molar-refractivity contribution in [1.82, 2.24) is 0 Å². The zero-order valence-electron chi connectivity index (χ0n) is 22.0. The highest BCUT2D eigenvalue weighted by molar-refractivity contribution is 5.90. The molecule has 0 N–H and O–H groups in total. The van der Waals surface area contributed by atoms with Crippen LogP contribution in [0.5, 0.6) is 0 Å². The molecule has 212 valence electrons. The molecule has 1 aliphatic rings. The molecule has 0 spiro atoms. The lowest BCUT2D eigenvalue weighted by Gasteiger charge is -2.41. The largest absolute Gasteiger partial charge is 0.459 e. The molecule has 9 nitrogen and oxygen atoms in total. The molecular formula is C31H27FO9. The van der Waals surface area contributed by atoms with E-state index in [1.54, 1.807) is 54.6 Å². The van der Waals surface area contributed by atoms with Gasteiger partial charge in [0.2, 0.25) is 0 Å². The first-order chi connectivity index (χ1) is 19.8. The predicted octanol–water partition coefficient (Wildman–Crippen LogP) is 4.48. The first-order valence-electron chi connectivity index (χ1n) is 12.7. The smallest absolute Gasteiger partial charge is 0.338 e. The van der Waals surface area contributed by atoms with E-state index < -0.39 is 61.1 Å². The van der Waals surface area contributed by atoms with Crippen LogP contribution in [0.3, 0.4) is 0 Å². The number of carbonyl (C=O) groups excluding carboxylic acids is 4. The monoisotopic (exact) mass is 562 g/mol. The summed E-state index contributed by atoms with van der Waals surface area (Å²) in [4.78, 5) is 49.8. The van der Waals surface area contributed by atoms with E-state index in [-0.39, 0.29) is 16.7 Å². The highest BCUT2D eigenvalue weighted by atomic mass is 19.1. The van der Waals surface area contributed by atoms with Crippen LogP contribution in [-0.4, -0.2) is 61.1 Å². The molecule has 1 heterocycles. The summed E-state index contributed by atoms with van der Waals surface area (Å²) in [5, 5.41) is 0. The zero-order chi connectivity index (χ0) is 29.2. The van der Waals surface area contributed by atoms with E-state index in [2.05, 4.69) is 0 Å². The summed E-state index contributed by atoms with van der Waals surface area (Å²) in [6, 6.07) is 23.9. The van der Waals surface area contributed by atoms with Crippen LogP contribution in [0.15, 0.2) is 103 Å². The highest BCUT2D eigenvalue weighted by Gasteiger charge is 2.50. The predicted molar refractivity (Wildman–Crippen MR) is 142 cm³/mol. The van der Waals surface area contributed by atoms with Crippen molar-refractivity contribution >= 4 is 23.9 Å². The SMILES string of the molecule is CC(=O)OC=CC1OC(COC(=O)c2ccccc2)C(F)C(OC(=O)c2ccccc2)C1OC(=O)c1ccccc1. The van der Waals surface area contributed by atoms with Crippen molar-refractivity contribution in [2.24, 2.45) is 0 Å². The van der Waals surface area contributed by atoms with Crippen LogP contribution in [0.25, 0.3) is 0 Å². The van der Waals surface area contributed by atoms with Gasteiger partial charge in [-0.2, -0.15) is 0 Å². The fraction of sp³-hybridized carbons (Fsp3) is 0.226. The van der Waals surface area contributed by atoms with Gasteiger partial charge < -0.3 is 23.7 Å². The number of rotatable bonds is 9. The van der Waals surface area contributed by atoms with Crippen molar-refractivity contribution in [3.63, 3.8) is 0 Å². The quantitative estimate of drug-likeness (QED) is 0.212. The Balaban J connectivity index is 1.63. The first-order valence-corrected chi connectivity index (χ1v) is 12.7. The van der Waals surface area contributed by atoms with E-state index in [1.807, 2.05) is 0 Å². The molecule has 4 rings (SSSR count). The minimum atomic E-state index is -2.09. The van der Waals surface area contributed by atoms with Gasteiger partial charge in [0, 0.05) is 6.92 Å². The standard InChI is InChI=1S/C31H27FO9/c1-20(33)37-18-17-24-27(40-30(35)22-13-7-3-8-14-22)28(41-31(36)23-15-9-4-10-16-23)26(32)25(39-24)19-38-29(34)21-11-5-2-6-12-21/h2-18,24-28H,19H2,1H3. The van der Waals surface area contributed by atoms with Crippen LogP contribution in [0, 0.1) is 0 Å². The minimum absolute atomic E-state index is 0.137. The fourth-order valence-corrected chi connectivity index (χ4v) is 4.05. The van der Waals surface area contributed by atoms with E-state index in [4.69, 9.17) is 23.7 Å². The molecule has 1 aliphatic heterocycles. The van der Waals surface area contributed by atoms with Gasteiger partial charge in [0.1, 0.15) is 18.8 Å². The molecular weight excluding hydrogens is 535 g/mol. The number of ether oxygens (including phenoxy) is 5. The third-order valence-electron chi connectivity index (χ3n) is 6.04. The van der Waals surface area contributed by atoms with Crippen molar-refractivity contribution in [1.29, 1.82) is 0 Å². The van der Waals surface area contributed by atoms with E-state index in [0.717, 1.165) is 6.26 Å². The van der Waals surface area contributed by atoms with Gasteiger partial charge in [-0.3, -0.25) is 4.79 Å². The number of hydrogen-bond acceptors (Lipinski definition) is 9. The fourth-order valence-electron chi connectivity index (χ4n) is 4.05. The lowest BCUT2D eigenvalue weighted by molar-refractivity contribution is -0.199. The lowest BCUT2D eigenvalue weighted by Crippen LogP contribution is -2.59. The van der Waals surface area contributed by atoms with Crippen molar-refractivity contribution in [3.05, 3.63) is 120 Å². The molecule has 1 saturated heterocycles. The van der Waals surface area contributed by atoms with Crippen molar-refractivity contribution < 1.29 is 47.3 Å². The highest BCUT2D eigenvalue weighted by Crippen LogP contribution is 2.31. The van der Waals surface area contributed by atoms with Crippen LogP contribution < -0.4 is 0 Å². The molecule has 0 aromatic heterocycles. The molecule has 41 heavy (non-hydrogen) atoms.